The van der Waals surface area contributed by atoms with Crippen LogP contribution in [-0.2, 0) is 26.2 Å². The molecule has 2 atom stereocenters. The molecule has 2 unspecified atom stereocenters. The SMILES string of the molecule is CCC(C)NC(=O)C(CC)N(Cc1ccccc1)C(=O)CN(c1ccc(Oc2ccccc2)cc1)S(C)(=O)=O. The molecule has 0 spiro atoms. The maximum Gasteiger partial charge on any atom is 0.244 e. The first kappa shape index (κ1) is 29.7. The van der Waals surface area contributed by atoms with Gasteiger partial charge in [-0.15, -0.1) is 0 Å². The Labute approximate surface area is 231 Å². The quantitative estimate of drug-likeness (QED) is 0.324. The number of hydrogen-bond acceptors (Lipinski definition) is 5. The molecule has 3 aromatic carbocycles. The summed E-state index contributed by atoms with van der Waals surface area (Å²) in [6.07, 6.45) is 2.19. The van der Waals surface area contributed by atoms with Crippen LogP contribution in [0.2, 0.25) is 0 Å². The molecular weight excluding hydrogens is 514 g/mol. The molecule has 0 aliphatic rings. The zero-order chi connectivity index (χ0) is 28.4. The molecule has 208 valence electrons. The second-order valence-corrected chi connectivity index (χ2v) is 11.3. The van der Waals surface area contributed by atoms with Gasteiger partial charge in [-0.3, -0.25) is 13.9 Å². The van der Waals surface area contributed by atoms with Crippen molar-refractivity contribution in [2.75, 3.05) is 17.1 Å². The van der Waals surface area contributed by atoms with Crippen LogP contribution in [0.3, 0.4) is 0 Å². The number of ether oxygens (including phenoxy) is 1. The fourth-order valence-electron chi connectivity index (χ4n) is 4.06. The highest BCUT2D eigenvalue weighted by atomic mass is 32.2. The van der Waals surface area contributed by atoms with Crippen LogP contribution in [0, 0.1) is 0 Å². The average Bonchev–Trinajstić information content (AvgIpc) is 2.92. The van der Waals surface area contributed by atoms with Gasteiger partial charge in [0.25, 0.3) is 0 Å². The van der Waals surface area contributed by atoms with Crippen LogP contribution in [0.1, 0.15) is 39.2 Å². The van der Waals surface area contributed by atoms with Gasteiger partial charge in [0.2, 0.25) is 21.8 Å². The number of rotatable bonds is 13. The van der Waals surface area contributed by atoms with E-state index in [1.807, 2.05) is 81.4 Å². The molecule has 3 rings (SSSR count). The summed E-state index contributed by atoms with van der Waals surface area (Å²) in [5, 5.41) is 2.96. The summed E-state index contributed by atoms with van der Waals surface area (Å²) in [6.45, 7) is 5.45. The first-order valence-electron chi connectivity index (χ1n) is 13.1. The van der Waals surface area contributed by atoms with Crippen molar-refractivity contribution in [3.63, 3.8) is 0 Å². The number of carbonyl (C=O) groups excluding carboxylic acids is 2. The van der Waals surface area contributed by atoms with E-state index in [4.69, 9.17) is 4.74 Å². The first-order valence-corrected chi connectivity index (χ1v) is 14.9. The number of benzene rings is 3. The monoisotopic (exact) mass is 551 g/mol. The number of sulfonamides is 1. The Kier molecular flexibility index (Phi) is 10.5. The van der Waals surface area contributed by atoms with E-state index in [0.29, 0.717) is 23.6 Å². The fraction of sp³-hybridized carbons (Fsp3) is 0.333. The molecule has 0 radical (unpaired) electrons. The second-order valence-electron chi connectivity index (χ2n) is 9.43. The van der Waals surface area contributed by atoms with E-state index < -0.39 is 28.5 Å². The van der Waals surface area contributed by atoms with Crippen molar-refractivity contribution in [2.45, 2.75) is 52.2 Å². The Morgan fingerprint density at radius 1 is 0.846 bits per heavy atom. The molecule has 0 heterocycles. The summed E-state index contributed by atoms with van der Waals surface area (Å²) < 4.78 is 32.5. The van der Waals surface area contributed by atoms with Crippen molar-refractivity contribution in [3.8, 4) is 11.5 Å². The Morgan fingerprint density at radius 3 is 1.95 bits per heavy atom. The molecule has 9 heteroatoms. The highest BCUT2D eigenvalue weighted by Gasteiger charge is 2.32. The van der Waals surface area contributed by atoms with Crippen LogP contribution in [0.5, 0.6) is 11.5 Å². The van der Waals surface area contributed by atoms with Gasteiger partial charge in [-0.05, 0) is 61.7 Å². The predicted octanol–water partition coefficient (Wildman–Crippen LogP) is 4.97. The Bertz CT molecular complexity index is 1320. The van der Waals surface area contributed by atoms with Crippen molar-refractivity contribution in [1.82, 2.24) is 10.2 Å². The molecule has 0 fully saturated rings. The molecule has 0 saturated heterocycles. The van der Waals surface area contributed by atoms with Crippen LogP contribution in [0.4, 0.5) is 5.69 Å². The Morgan fingerprint density at radius 2 is 1.41 bits per heavy atom. The number of carbonyl (C=O) groups is 2. The van der Waals surface area contributed by atoms with Crippen LogP contribution in [0.15, 0.2) is 84.9 Å². The van der Waals surface area contributed by atoms with Crippen molar-refractivity contribution in [3.05, 3.63) is 90.5 Å². The minimum absolute atomic E-state index is 0.0515. The first-order chi connectivity index (χ1) is 18.6. The van der Waals surface area contributed by atoms with Gasteiger partial charge in [0.15, 0.2) is 0 Å². The lowest BCUT2D eigenvalue weighted by Gasteiger charge is -2.33. The van der Waals surface area contributed by atoms with Crippen LogP contribution >= 0.6 is 0 Å². The van der Waals surface area contributed by atoms with Crippen molar-refractivity contribution < 1.29 is 22.7 Å². The molecular formula is C30H37N3O5S. The van der Waals surface area contributed by atoms with E-state index in [-0.39, 0.29) is 18.5 Å². The summed E-state index contributed by atoms with van der Waals surface area (Å²) in [7, 11) is -3.82. The Hall–Kier alpha value is -3.85. The van der Waals surface area contributed by atoms with E-state index in [1.165, 1.54) is 4.90 Å². The van der Waals surface area contributed by atoms with Crippen molar-refractivity contribution in [2.24, 2.45) is 0 Å². The van der Waals surface area contributed by atoms with Gasteiger partial charge in [-0.2, -0.15) is 0 Å². The third-order valence-corrected chi connectivity index (χ3v) is 7.51. The van der Waals surface area contributed by atoms with Crippen molar-refractivity contribution in [1.29, 1.82) is 0 Å². The molecule has 39 heavy (non-hydrogen) atoms. The largest absolute Gasteiger partial charge is 0.457 e. The average molecular weight is 552 g/mol. The second kappa shape index (κ2) is 13.8. The number of nitrogens with zero attached hydrogens (tertiary/aromatic N) is 2. The Balaban J connectivity index is 1.88. The third-order valence-electron chi connectivity index (χ3n) is 6.37. The zero-order valence-corrected chi connectivity index (χ0v) is 23.7. The standard InChI is InChI=1S/C30H37N3O5S/c1-5-23(3)31-30(35)28(6-2)32(21-24-13-9-7-10-14-24)29(34)22-33(39(4,36)37)25-17-19-27(20-18-25)38-26-15-11-8-12-16-26/h7-20,23,28H,5-6,21-22H2,1-4H3,(H,31,35). The summed E-state index contributed by atoms with van der Waals surface area (Å²) in [5.41, 5.74) is 1.16. The highest BCUT2D eigenvalue weighted by molar-refractivity contribution is 7.92. The molecule has 0 bridgehead atoms. The van der Waals surface area contributed by atoms with Gasteiger partial charge in [0.05, 0.1) is 11.9 Å². The molecule has 3 aromatic rings. The van der Waals surface area contributed by atoms with E-state index >= 15 is 0 Å². The molecule has 0 aromatic heterocycles. The summed E-state index contributed by atoms with van der Waals surface area (Å²) in [6, 6.07) is 24.3. The number of anilines is 1. The molecule has 2 amide bonds. The van der Waals surface area contributed by atoms with Crippen LogP contribution in [-0.4, -0.2) is 50.0 Å². The minimum Gasteiger partial charge on any atom is -0.457 e. The lowest BCUT2D eigenvalue weighted by molar-refractivity contribution is -0.140. The topological polar surface area (TPSA) is 96.0 Å². The summed E-state index contributed by atoms with van der Waals surface area (Å²) >= 11 is 0. The minimum atomic E-state index is -3.82. The molecule has 0 aliphatic heterocycles. The number of amides is 2. The smallest absolute Gasteiger partial charge is 0.244 e. The van der Waals surface area contributed by atoms with Crippen LogP contribution < -0.4 is 14.4 Å². The summed E-state index contributed by atoms with van der Waals surface area (Å²) in [5.74, 6) is 0.450. The molecule has 0 saturated carbocycles. The number of para-hydroxylation sites is 1. The van der Waals surface area contributed by atoms with Gasteiger partial charge in [-0.25, -0.2) is 8.42 Å². The van der Waals surface area contributed by atoms with Crippen LogP contribution in [0.25, 0.3) is 0 Å². The maximum atomic E-state index is 13.8. The van der Waals surface area contributed by atoms with Gasteiger partial charge in [0, 0.05) is 12.6 Å². The third kappa shape index (κ3) is 8.58. The zero-order valence-electron chi connectivity index (χ0n) is 22.9. The van der Waals surface area contributed by atoms with Gasteiger partial charge in [0.1, 0.15) is 24.1 Å². The van der Waals surface area contributed by atoms with E-state index in [9.17, 15) is 18.0 Å². The number of nitrogens with one attached hydrogen (secondary N) is 1. The maximum absolute atomic E-state index is 13.8. The number of hydrogen-bond donors (Lipinski definition) is 1. The van der Waals surface area contributed by atoms with E-state index in [1.54, 1.807) is 24.3 Å². The van der Waals surface area contributed by atoms with Gasteiger partial charge in [-0.1, -0.05) is 62.4 Å². The van der Waals surface area contributed by atoms with Gasteiger partial charge < -0.3 is 15.0 Å². The van der Waals surface area contributed by atoms with Crippen molar-refractivity contribution >= 4 is 27.5 Å². The summed E-state index contributed by atoms with van der Waals surface area (Å²) in [4.78, 5) is 28.4. The molecule has 8 nitrogen and oxygen atoms in total. The van der Waals surface area contributed by atoms with Gasteiger partial charge >= 0.3 is 0 Å². The predicted molar refractivity (Wildman–Crippen MR) is 154 cm³/mol. The fourth-order valence-corrected chi connectivity index (χ4v) is 4.91. The van der Waals surface area contributed by atoms with E-state index in [2.05, 4.69) is 5.32 Å². The molecule has 0 aliphatic carbocycles. The lowest BCUT2D eigenvalue weighted by Crippen LogP contribution is -2.53. The lowest BCUT2D eigenvalue weighted by atomic mass is 10.1. The molecule has 1 N–H and O–H groups in total. The highest BCUT2D eigenvalue weighted by Crippen LogP contribution is 2.26. The normalized spacial score (nSPS) is 12.7. The van der Waals surface area contributed by atoms with E-state index in [0.717, 1.165) is 22.5 Å².